The zero-order valence-corrected chi connectivity index (χ0v) is 10.8. The molecule has 100 valence electrons. The number of aliphatic hydroxyl groups excluding tert-OH is 1. The van der Waals surface area contributed by atoms with Gasteiger partial charge in [0.15, 0.2) is 0 Å². The maximum atomic E-state index is 12.0. The van der Waals surface area contributed by atoms with E-state index in [1.165, 1.54) is 0 Å². The second kappa shape index (κ2) is 7.66. The van der Waals surface area contributed by atoms with E-state index in [-0.39, 0.29) is 18.6 Å². The molecule has 1 rings (SSSR count). The van der Waals surface area contributed by atoms with Gasteiger partial charge in [-0.1, -0.05) is 0 Å². The third kappa shape index (κ3) is 4.33. The summed E-state index contributed by atoms with van der Waals surface area (Å²) in [5.74, 6) is 0.156. The van der Waals surface area contributed by atoms with Crippen molar-refractivity contribution >= 4 is 5.91 Å². The molecule has 0 saturated heterocycles. The van der Waals surface area contributed by atoms with Gasteiger partial charge in [-0.15, -0.1) is 0 Å². The van der Waals surface area contributed by atoms with Crippen molar-refractivity contribution in [1.29, 1.82) is 0 Å². The van der Waals surface area contributed by atoms with E-state index < -0.39 is 0 Å². The highest BCUT2D eigenvalue weighted by molar-refractivity contribution is 5.96. The minimum absolute atomic E-state index is 0.0133. The van der Waals surface area contributed by atoms with Gasteiger partial charge in [-0.05, 0) is 38.8 Å². The van der Waals surface area contributed by atoms with Crippen LogP contribution in [-0.2, 0) is 0 Å². The van der Waals surface area contributed by atoms with Gasteiger partial charge in [-0.3, -0.25) is 4.79 Å². The normalized spacial score (nSPS) is 11.9. The molecule has 1 amide bonds. The molecule has 0 saturated carbocycles. The van der Waals surface area contributed by atoms with Gasteiger partial charge in [0.25, 0.3) is 5.91 Å². The minimum atomic E-state index is -0.197. The van der Waals surface area contributed by atoms with Gasteiger partial charge in [-0.25, -0.2) is 4.98 Å². The van der Waals surface area contributed by atoms with Crippen LogP contribution in [-0.4, -0.2) is 35.3 Å². The molecular weight excluding hydrogens is 232 g/mol. The lowest BCUT2D eigenvalue weighted by Crippen LogP contribution is -2.33. The van der Waals surface area contributed by atoms with Gasteiger partial charge >= 0.3 is 0 Å². The van der Waals surface area contributed by atoms with Crippen molar-refractivity contribution in [3.8, 4) is 5.88 Å². The number of pyridine rings is 1. The molecule has 18 heavy (non-hydrogen) atoms. The number of rotatable bonds is 7. The van der Waals surface area contributed by atoms with E-state index in [4.69, 9.17) is 9.84 Å². The Morgan fingerprint density at radius 1 is 1.61 bits per heavy atom. The standard InChI is InChI=1S/C13H20N2O3/c1-3-18-13-11(7-4-8-14-13)12(17)15-10(2)6-5-9-16/h4,7-8,10,16H,3,5-6,9H2,1-2H3,(H,15,17). The molecule has 0 aliphatic carbocycles. The molecule has 1 atom stereocenters. The highest BCUT2D eigenvalue weighted by Gasteiger charge is 2.15. The molecular formula is C13H20N2O3. The third-order valence-corrected chi connectivity index (χ3v) is 2.47. The summed E-state index contributed by atoms with van der Waals surface area (Å²) in [5, 5.41) is 11.6. The van der Waals surface area contributed by atoms with Gasteiger partial charge in [0, 0.05) is 18.8 Å². The van der Waals surface area contributed by atoms with Crippen LogP contribution in [0.4, 0.5) is 0 Å². The van der Waals surface area contributed by atoms with E-state index in [0.717, 1.165) is 6.42 Å². The second-order valence-electron chi connectivity index (χ2n) is 4.03. The Hall–Kier alpha value is -1.62. The summed E-state index contributed by atoms with van der Waals surface area (Å²) in [4.78, 5) is 16.1. The Balaban J connectivity index is 2.65. The van der Waals surface area contributed by atoms with E-state index in [0.29, 0.717) is 24.5 Å². The molecule has 0 aliphatic rings. The van der Waals surface area contributed by atoms with E-state index >= 15 is 0 Å². The van der Waals surface area contributed by atoms with Crippen LogP contribution in [0.2, 0.25) is 0 Å². The first kappa shape index (κ1) is 14.4. The number of aliphatic hydroxyl groups is 1. The summed E-state index contributed by atoms with van der Waals surface area (Å²) in [7, 11) is 0. The fraction of sp³-hybridized carbons (Fsp3) is 0.538. The molecule has 5 nitrogen and oxygen atoms in total. The van der Waals surface area contributed by atoms with Crippen molar-refractivity contribution < 1.29 is 14.6 Å². The first-order chi connectivity index (χ1) is 8.69. The number of hydrogen-bond donors (Lipinski definition) is 2. The zero-order valence-electron chi connectivity index (χ0n) is 10.8. The van der Waals surface area contributed by atoms with Crippen molar-refractivity contribution in [2.75, 3.05) is 13.2 Å². The lowest BCUT2D eigenvalue weighted by Gasteiger charge is -2.14. The largest absolute Gasteiger partial charge is 0.477 e. The molecule has 1 unspecified atom stereocenters. The number of nitrogens with zero attached hydrogens (tertiary/aromatic N) is 1. The van der Waals surface area contributed by atoms with Crippen molar-refractivity contribution in [1.82, 2.24) is 10.3 Å². The van der Waals surface area contributed by atoms with Crippen molar-refractivity contribution in [3.63, 3.8) is 0 Å². The Morgan fingerprint density at radius 2 is 2.39 bits per heavy atom. The van der Waals surface area contributed by atoms with E-state index in [9.17, 15) is 4.79 Å². The first-order valence-corrected chi connectivity index (χ1v) is 6.18. The van der Waals surface area contributed by atoms with E-state index in [2.05, 4.69) is 10.3 Å². The fourth-order valence-corrected chi connectivity index (χ4v) is 1.59. The number of amides is 1. The lowest BCUT2D eigenvalue weighted by atomic mass is 10.1. The smallest absolute Gasteiger partial charge is 0.256 e. The van der Waals surface area contributed by atoms with Crippen LogP contribution in [0.1, 0.15) is 37.0 Å². The average molecular weight is 252 g/mol. The summed E-state index contributed by atoms with van der Waals surface area (Å²) in [6.07, 6.45) is 3.01. The second-order valence-corrected chi connectivity index (χ2v) is 4.03. The molecule has 0 spiro atoms. The number of ether oxygens (including phenoxy) is 1. The average Bonchev–Trinajstić information content (AvgIpc) is 2.37. The van der Waals surface area contributed by atoms with Crippen LogP contribution in [0.25, 0.3) is 0 Å². The van der Waals surface area contributed by atoms with Crippen LogP contribution in [0.15, 0.2) is 18.3 Å². The van der Waals surface area contributed by atoms with Gasteiger partial charge in [0.2, 0.25) is 5.88 Å². The zero-order chi connectivity index (χ0) is 13.4. The highest BCUT2D eigenvalue weighted by Crippen LogP contribution is 2.14. The molecule has 0 radical (unpaired) electrons. The van der Waals surface area contributed by atoms with Gasteiger partial charge in [0.05, 0.1) is 6.61 Å². The maximum absolute atomic E-state index is 12.0. The third-order valence-electron chi connectivity index (χ3n) is 2.47. The molecule has 0 aliphatic heterocycles. The van der Waals surface area contributed by atoms with Crippen LogP contribution in [0.3, 0.4) is 0 Å². The Labute approximate surface area is 107 Å². The summed E-state index contributed by atoms with van der Waals surface area (Å²) < 4.78 is 5.31. The van der Waals surface area contributed by atoms with Crippen molar-refractivity contribution in [2.45, 2.75) is 32.7 Å². The SMILES string of the molecule is CCOc1ncccc1C(=O)NC(C)CCCO. The first-order valence-electron chi connectivity index (χ1n) is 6.18. The van der Waals surface area contributed by atoms with Gasteiger partial charge < -0.3 is 15.2 Å². The van der Waals surface area contributed by atoms with Crippen LogP contribution >= 0.6 is 0 Å². The summed E-state index contributed by atoms with van der Waals surface area (Å²) in [5.41, 5.74) is 0.440. The minimum Gasteiger partial charge on any atom is -0.477 e. The predicted molar refractivity (Wildman–Crippen MR) is 68.7 cm³/mol. The Kier molecular flexibility index (Phi) is 6.14. The Morgan fingerprint density at radius 3 is 3.06 bits per heavy atom. The molecule has 5 heteroatoms. The number of nitrogens with one attached hydrogen (secondary N) is 1. The Bertz CT molecular complexity index is 382. The van der Waals surface area contributed by atoms with E-state index in [1.807, 2.05) is 13.8 Å². The fourth-order valence-electron chi connectivity index (χ4n) is 1.59. The number of aromatic nitrogens is 1. The molecule has 0 aromatic carbocycles. The maximum Gasteiger partial charge on any atom is 0.256 e. The van der Waals surface area contributed by atoms with Gasteiger partial charge in [0.1, 0.15) is 5.56 Å². The lowest BCUT2D eigenvalue weighted by molar-refractivity contribution is 0.0931. The van der Waals surface area contributed by atoms with Crippen LogP contribution in [0, 0.1) is 0 Å². The molecule has 0 bridgehead atoms. The van der Waals surface area contributed by atoms with Crippen molar-refractivity contribution in [3.05, 3.63) is 23.9 Å². The van der Waals surface area contributed by atoms with Crippen LogP contribution < -0.4 is 10.1 Å². The summed E-state index contributed by atoms with van der Waals surface area (Å²) in [6, 6.07) is 3.40. The number of carbonyl (C=O) groups is 1. The van der Waals surface area contributed by atoms with Crippen LogP contribution in [0.5, 0.6) is 5.88 Å². The van der Waals surface area contributed by atoms with E-state index in [1.54, 1.807) is 18.3 Å². The van der Waals surface area contributed by atoms with Gasteiger partial charge in [-0.2, -0.15) is 0 Å². The topological polar surface area (TPSA) is 71.5 Å². The summed E-state index contributed by atoms with van der Waals surface area (Å²) in [6.45, 7) is 4.36. The highest BCUT2D eigenvalue weighted by atomic mass is 16.5. The monoisotopic (exact) mass is 252 g/mol. The number of carbonyl (C=O) groups excluding carboxylic acids is 1. The number of hydrogen-bond acceptors (Lipinski definition) is 4. The van der Waals surface area contributed by atoms with Crippen molar-refractivity contribution in [2.24, 2.45) is 0 Å². The molecule has 1 heterocycles. The predicted octanol–water partition coefficient (Wildman–Crippen LogP) is 1.37. The summed E-state index contributed by atoms with van der Waals surface area (Å²) >= 11 is 0. The molecule has 1 aromatic rings. The molecule has 2 N–H and O–H groups in total. The molecule has 0 fully saturated rings. The molecule has 1 aromatic heterocycles. The quantitative estimate of drug-likeness (QED) is 0.769.